The highest BCUT2D eigenvalue weighted by molar-refractivity contribution is 7.89. The highest BCUT2D eigenvalue weighted by Gasteiger charge is 2.16. The molecule has 7 nitrogen and oxygen atoms in total. The largest absolute Gasteiger partial charge is 0.326 e. The molecule has 0 unspecified atom stereocenters. The summed E-state index contributed by atoms with van der Waals surface area (Å²) in [5.74, 6) is -0.113. The fraction of sp³-hybridized carbons (Fsp3) is 0.412. The van der Waals surface area contributed by atoms with Gasteiger partial charge in [0.2, 0.25) is 15.9 Å². The van der Waals surface area contributed by atoms with Crippen molar-refractivity contribution < 1.29 is 13.2 Å². The Bertz CT molecular complexity index is 841. The van der Waals surface area contributed by atoms with Gasteiger partial charge in [0, 0.05) is 31.4 Å². The fourth-order valence-electron chi connectivity index (χ4n) is 2.48. The first-order valence-corrected chi connectivity index (χ1v) is 9.54. The molecular formula is C17H24N4O3S. The van der Waals surface area contributed by atoms with Gasteiger partial charge in [-0.3, -0.25) is 9.48 Å². The summed E-state index contributed by atoms with van der Waals surface area (Å²) in [7, 11) is -3.59. The first-order chi connectivity index (χ1) is 11.7. The van der Waals surface area contributed by atoms with E-state index in [1.54, 1.807) is 12.1 Å². The number of hydrogen-bond acceptors (Lipinski definition) is 4. The van der Waals surface area contributed by atoms with Crippen molar-refractivity contribution in [2.45, 2.75) is 39.1 Å². The minimum Gasteiger partial charge on any atom is -0.326 e. The molecule has 2 aromatic rings. The van der Waals surface area contributed by atoms with Crippen LogP contribution < -0.4 is 10.0 Å². The van der Waals surface area contributed by atoms with Crippen LogP contribution in [0.5, 0.6) is 0 Å². The Kier molecular flexibility index (Phi) is 5.97. The normalized spacial score (nSPS) is 12.8. The number of nitrogens with one attached hydrogen (secondary N) is 2. The second kappa shape index (κ2) is 7.79. The molecule has 1 aromatic carbocycles. The van der Waals surface area contributed by atoms with Crippen LogP contribution in [0.2, 0.25) is 0 Å². The van der Waals surface area contributed by atoms with E-state index in [1.807, 2.05) is 31.5 Å². The summed E-state index contributed by atoms with van der Waals surface area (Å²) in [4.78, 5) is 11.2. The Balaban J connectivity index is 1.96. The van der Waals surface area contributed by atoms with Crippen LogP contribution in [0.15, 0.2) is 35.2 Å². The molecule has 1 atom stereocenters. The van der Waals surface area contributed by atoms with Crippen LogP contribution in [0.25, 0.3) is 0 Å². The number of nitrogens with zero attached hydrogens (tertiary/aromatic N) is 2. The maximum absolute atomic E-state index is 12.4. The number of benzene rings is 1. The van der Waals surface area contributed by atoms with Crippen LogP contribution in [0.4, 0.5) is 5.69 Å². The third-order valence-electron chi connectivity index (χ3n) is 3.69. The lowest BCUT2D eigenvalue weighted by Crippen LogP contribution is -2.30. The predicted octanol–water partition coefficient (Wildman–Crippen LogP) is 2.07. The third-order valence-corrected chi connectivity index (χ3v) is 5.13. The van der Waals surface area contributed by atoms with Crippen LogP contribution in [-0.4, -0.2) is 30.7 Å². The topological polar surface area (TPSA) is 93.1 Å². The Morgan fingerprint density at radius 1 is 1.24 bits per heavy atom. The molecule has 2 rings (SSSR count). The van der Waals surface area contributed by atoms with Crippen LogP contribution in [0.1, 0.15) is 25.2 Å². The summed E-state index contributed by atoms with van der Waals surface area (Å²) < 4.78 is 29.3. The molecule has 0 aliphatic heterocycles. The van der Waals surface area contributed by atoms with E-state index in [0.29, 0.717) is 18.8 Å². The summed E-state index contributed by atoms with van der Waals surface area (Å²) in [6.07, 6.45) is 0. The number of carbonyl (C=O) groups excluding carboxylic acids is 1. The van der Waals surface area contributed by atoms with Crippen molar-refractivity contribution in [2.75, 3.05) is 11.9 Å². The lowest BCUT2D eigenvalue weighted by atomic mass is 10.2. The summed E-state index contributed by atoms with van der Waals surface area (Å²) in [5.41, 5.74) is 2.56. The summed E-state index contributed by atoms with van der Waals surface area (Å²) in [5, 5.41) is 7.00. The van der Waals surface area contributed by atoms with E-state index in [9.17, 15) is 13.2 Å². The van der Waals surface area contributed by atoms with E-state index in [-0.39, 0.29) is 16.7 Å². The number of sulfonamides is 1. The lowest BCUT2D eigenvalue weighted by Gasteiger charge is -2.14. The van der Waals surface area contributed by atoms with Gasteiger partial charge in [-0.15, -0.1) is 0 Å². The van der Waals surface area contributed by atoms with Crippen LogP contribution in [0, 0.1) is 19.8 Å². The van der Waals surface area contributed by atoms with Crippen LogP contribution >= 0.6 is 0 Å². The minimum atomic E-state index is -3.59. The Labute approximate surface area is 148 Å². The Hall–Kier alpha value is -2.19. The van der Waals surface area contributed by atoms with Gasteiger partial charge in [-0.25, -0.2) is 13.1 Å². The average molecular weight is 364 g/mol. The fourth-order valence-corrected chi connectivity index (χ4v) is 3.64. The van der Waals surface area contributed by atoms with Crippen molar-refractivity contribution in [3.63, 3.8) is 0 Å². The molecule has 1 amide bonds. The van der Waals surface area contributed by atoms with Gasteiger partial charge in [0.25, 0.3) is 0 Å². The molecule has 0 bridgehead atoms. The molecule has 0 spiro atoms. The van der Waals surface area contributed by atoms with Gasteiger partial charge in [-0.2, -0.15) is 5.10 Å². The van der Waals surface area contributed by atoms with Crippen molar-refractivity contribution in [3.05, 3.63) is 41.7 Å². The van der Waals surface area contributed by atoms with E-state index >= 15 is 0 Å². The Morgan fingerprint density at radius 3 is 2.40 bits per heavy atom. The zero-order valence-electron chi connectivity index (χ0n) is 14.9. The number of aromatic nitrogens is 2. The third kappa shape index (κ3) is 5.40. The highest BCUT2D eigenvalue weighted by Crippen LogP contribution is 2.14. The molecule has 0 radical (unpaired) electrons. The molecule has 2 N–H and O–H groups in total. The van der Waals surface area contributed by atoms with Gasteiger partial charge in [-0.1, -0.05) is 6.92 Å². The first kappa shape index (κ1) is 19.1. The SMILES string of the molecule is CC(=O)Nc1ccc(S(=O)(=O)NC[C@@H](C)Cn2nc(C)cc2C)cc1. The monoisotopic (exact) mass is 364 g/mol. The molecule has 8 heteroatoms. The average Bonchev–Trinajstić information content (AvgIpc) is 2.83. The van der Waals surface area contributed by atoms with Crippen molar-refractivity contribution in [1.82, 2.24) is 14.5 Å². The van der Waals surface area contributed by atoms with Crippen molar-refractivity contribution in [1.29, 1.82) is 0 Å². The smallest absolute Gasteiger partial charge is 0.240 e. The number of anilines is 1. The van der Waals surface area contributed by atoms with Gasteiger partial charge in [0.15, 0.2) is 0 Å². The molecule has 136 valence electrons. The molecule has 0 aliphatic carbocycles. The standard InChI is InChI=1S/C17H24N4O3S/c1-12(11-21-14(3)9-13(2)20-21)10-18-25(23,24)17-7-5-16(6-8-17)19-15(4)22/h5-9,12,18H,10-11H2,1-4H3,(H,19,22)/t12-/m1/s1. The van der Waals surface area contributed by atoms with Gasteiger partial charge in [0.05, 0.1) is 10.6 Å². The maximum atomic E-state index is 12.4. The number of amides is 1. The second-order valence-electron chi connectivity index (χ2n) is 6.27. The van der Waals surface area contributed by atoms with Crippen molar-refractivity contribution in [2.24, 2.45) is 5.92 Å². The van der Waals surface area contributed by atoms with E-state index in [0.717, 1.165) is 11.4 Å². The van der Waals surface area contributed by atoms with Crippen LogP contribution in [-0.2, 0) is 21.4 Å². The highest BCUT2D eigenvalue weighted by atomic mass is 32.2. The predicted molar refractivity (Wildman–Crippen MR) is 96.8 cm³/mol. The molecule has 1 heterocycles. The second-order valence-corrected chi connectivity index (χ2v) is 8.04. The number of carbonyl (C=O) groups is 1. The zero-order valence-corrected chi connectivity index (χ0v) is 15.7. The van der Waals surface area contributed by atoms with Crippen molar-refractivity contribution >= 4 is 21.6 Å². The molecule has 25 heavy (non-hydrogen) atoms. The summed E-state index contributed by atoms with van der Waals surface area (Å²) in [6.45, 7) is 8.24. The molecule has 1 aromatic heterocycles. The minimum absolute atomic E-state index is 0.0893. The van der Waals surface area contributed by atoms with E-state index in [2.05, 4.69) is 15.1 Å². The molecular weight excluding hydrogens is 340 g/mol. The summed E-state index contributed by atoms with van der Waals surface area (Å²) >= 11 is 0. The summed E-state index contributed by atoms with van der Waals surface area (Å²) in [6, 6.07) is 8.07. The molecule has 0 fully saturated rings. The number of rotatable bonds is 7. The van der Waals surface area contributed by atoms with Gasteiger partial charge in [-0.05, 0) is 50.1 Å². The van der Waals surface area contributed by atoms with E-state index in [4.69, 9.17) is 0 Å². The van der Waals surface area contributed by atoms with Crippen molar-refractivity contribution in [3.8, 4) is 0 Å². The first-order valence-electron chi connectivity index (χ1n) is 8.06. The van der Waals surface area contributed by atoms with Gasteiger partial charge >= 0.3 is 0 Å². The van der Waals surface area contributed by atoms with Gasteiger partial charge in [0.1, 0.15) is 0 Å². The van der Waals surface area contributed by atoms with Crippen LogP contribution in [0.3, 0.4) is 0 Å². The number of hydrogen-bond donors (Lipinski definition) is 2. The Morgan fingerprint density at radius 2 is 1.88 bits per heavy atom. The quantitative estimate of drug-likeness (QED) is 0.786. The molecule has 0 saturated heterocycles. The van der Waals surface area contributed by atoms with E-state index in [1.165, 1.54) is 19.1 Å². The molecule has 0 saturated carbocycles. The maximum Gasteiger partial charge on any atom is 0.240 e. The molecule has 0 aliphatic rings. The van der Waals surface area contributed by atoms with E-state index < -0.39 is 10.0 Å². The van der Waals surface area contributed by atoms with Gasteiger partial charge < -0.3 is 5.32 Å². The lowest BCUT2D eigenvalue weighted by molar-refractivity contribution is -0.114. The number of aryl methyl sites for hydroxylation is 2. The zero-order chi connectivity index (χ0) is 18.6.